The molecule has 0 saturated carbocycles. The van der Waals surface area contributed by atoms with Gasteiger partial charge in [0.15, 0.2) is 11.5 Å². The van der Waals surface area contributed by atoms with Crippen LogP contribution in [0.2, 0.25) is 5.02 Å². The number of halogens is 1. The van der Waals surface area contributed by atoms with E-state index >= 15 is 0 Å². The topological polar surface area (TPSA) is 99.5 Å². The first kappa shape index (κ1) is 31.3. The molecule has 0 radical (unpaired) electrons. The summed E-state index contributed by atoms with van der Waals surface area (Å²) in [5.41, 5.74) is 3.50. The van der Waals surface area contributed by atoms with E-state index in [-0.39, 0.29) is 5.91 Å². The van der Waals surface area contributed by atoms with Crippen molar-refractivity contribution in [1.29, 1.82) is 0 Å². The highest BCUT2D eigenvalue weighted by molar-refractivity contribution is 7.98. The lowest BCUT2D eigenvalue weighted by Gasteiger charge is -2.29. The molecule has 1 aliphatic heterocycles. The zero-order valence-corrected chi connectivity index (χ0v) is 26.8. The van der Waals surface area contributed by atoms with E-state index in [9.17, 15) is 4.79 Å². The van der Waals surface area contributed by atoms with Crippen molar-refractivity contribution in [3.8, 4) is 17.2 Å². The number of fused-ring (bicyclic) bond motifs is 1. The van der Waals surface area contributed by atoms with Crippen LogP contribution in [0, 0.1) is 0 Å². The Kier molecular flexibility index (Phi) is 10.3. The minimum absolute atomic E-state index is 0.294. The summed E-state index contributed by atoms with van der Waals surface area (Å²) in [6.45, 7) is 6.98. The van der Waals surface area contributed by atoms with E-state index in [1.807, 2.05) is 68.4 Å². The molecule has 0 bridgehead atoms. The highest BCUT2D eigenvalue weighted by Gasteiger charge is 2.35. The Labute approximate surface area is 267 Å². The van der Waals surface area contributed by atoms with Crippen LogP contribution in [0.15, 0.2) is 83.2 Å². The van der Waals surface area contributed by atoms with Crippen molar-refractivity contribution in [2.75, 3.05) is 31.0 Å². The molecule has 1 aliphatic rings. The number of rotatable bonds is 13. The molecule has 11 heteroatoms. The Morgan fingerprint density at radius 2 is 1.84 bits per heavy atom. The summed E-state index contributed by atoms with van der Waals surface area (Å²) >= 11 is 7.87. The number of allylic oxidation sites excluding steroid dienone is 1. The summed E-state index contributed by atoms with van der Waals surface area (Å²) in [4.78, 5) is 18.8. The van der Waals surface area contributed by atoms with Gasteiger partial charge < -0.3 is 24.8 Å². The second-order valence-corrected chi connectivity index (χ2v) is 11.5. The third kappa shape index (κ3) is 6.97. The molecular formula is C33H36ClN5O4S. The number of nitrogens with zero attached hydrogens (tertiary/aromatic N) is 3. The van der Waals surface area contributed by atoms with Gasteiger partial charge in [-0.15, -0.1) is 5.10 Å². The number of hydrogen-bond donors (Lipinski definition) is 2. The molecule has 0 spiro atoms. The van der Waals surface area contributed by atoms with Crippen LogP contribution in [0.25, 0.3) is 0 Å². The third-order valence-electron chi connectivity index (χ3n) is 7.09. The van der Waals surface area contributed by atoms with E-state index in [4.69, 9.17) is 35.9 Å². The Hall–Kier alpha value is -4.15. The van der Waals surface area contributed by atoms with Crippen molar-refractivity contribution in [1.82, 2.24) is 14.8 Å². The lowest BCUT2D eigenvalue weighted by atomic mass is 9.94. The number of benzene rings is 3. The SMILES string of the molecule is CCCCOc1ccc(C2C(C(=O)Nc3ccccc3OC)=C(C)Nc3nc(SCc4ccccc4Cl)nn32)cc1OCC. The number of methoxy groups -OCH3 is 1. The van der Waals surface area contributed by atoms with E-state index in [2.05, 4.69) is 17.6 Å². The van der Waals surface area contributed by atoms with Crippen molar-refractivity contribution in [2.24, 2.45) is 0 Å². The number of anilines is 2. The molecule has 4 aromatic rings. The van der Waals surface area contributed by atoms with Gasteiger partial charge in [0.2, 0.25) is 11.1 Å². The molecule has 9 nitrogen and oxygen atoms in total. The molecule has 0 saturated heterocycles. The molecule has 1 unspecified atom stereocenters. The van der Waals surface area contributed by atoms with Crippen LogP contribution >= 0.6 is 23.4 Å². The van der Waals surface area contributed by atoms with Crippen LogP contribution in [0.5, 0.6) is 17.2 Å². The van der Waals surface area contributed by atoms with Gasteiger partial charge >= 0.3 is 0 Å². The zero-order valence-electron chi connectivity index (χ0n) is 25.2. The molecule has 1 amide bonds. The molecule has 230 valence electrons. The number of nitrogens with one attached hydrogen (secondary N) is 2. The van der Waals surface area contributed by atoms with E-state index in [1.165, 1.54) is 11.8 Å². The minimum Gasteiger partial charge on any atom is -0.495 e. The standard InChI is InChI=1S/C33H36ClN5O4S/c1-5-7-18-43-27-17-16-22(19-28(27)42-6-2)30-29(31(40)36-25-14-10-11-15-26(25)41-4)21(3)35-32-37-33(38-39(30)32)44-20-23-12-8-9-13-24(23)34/h8-17,19,30H,5-7,18,20H2,1-4H3,(H,36,40)(H,35,37,38). The highest BCUT2D eigenvalue weighted by atomic mass is 35.5. The summed E-state index contributed by atoms with van der Waals surface area (Å²) in [5, 5.41) is 12.5. The fourth-order valence-electron chi connectivity index (χ4n) is 4.90. The van der Waals surface area contributed by atoms with Crippen molar-refractivity contribution < 1.29 is 19.0 Å². The fraction of sp³-hybridized carbons (Fsp3) is 0.303. The van der Waals surface area contributed by atoms with Crippen LogP contribution in [-0.2, 0) is 10.5 Å². The van der Waals surface area contributed by atoms with Gasteiger partial charge in [-0.2, -0.15) is 4.98 Å². The second-order valence-electron chi connectivity index (χ2n) is 10.1. The second kappa shape index (κ2) is 14.5. The maximum absolute atomic E-state index is 14.0. The van der Waals surface area contributed by atoms with Gasteiger partial charge in [-0.05, 0) is 61.7 Å². The first-order chi connectivity index (χ1) is 21.4. The van der Waals surface area contributed by atoms with Crippen LogP contribution in [0.3, 0.4) is 0 Å². The summed E-state index contributed by atoms with van der Waals surface area (Å²) in [6.07, 6.45) is 1.96. The van der Waals surface area contributed by atoms with Crippen molar-refractivity contribution >= 4 is 40.9 Å². The number of aromatic nitrogens is 3. The average molecular weight is 634 g/mol. The Bertz CT molecular complexity index is 1660. The zero-order chi connectivity index (χ0) is 31.1. The fourth-order valence-corrected chi connectivity index (χ4v) is 6.01. The number of amides is 1. The van der Waals surface area contributed by atoms with Gasteiger partial charge in [-0.25, -0.2) is 4.68 Å². The molecule has 0 aliphatic carbocycles. The van der Waals surface area contributed by atoms with Crippen LogP contribution in [0.1, 0.15) is 50.8 Å². The quantitative estimate of drug-likeness (QED) is 0.114. The predicted octanol–water partition coefficient (Wildman–Crippen LogP) is 7.74. The molecule has 44 heavy (non-hydrogen) atoms. The molecule has 2 heterocycles. The van der Waals surface area contributed by atoms with E-state index < -0.39 is 6.04 Å². The minimum atomic E-state index is -0.605. The third-order valence-corrected chi connectivity index (χ3v) is 8.34. The van der Waals surface area contributed by atoms with Crippen molar-refractivity contribution in [3.05, 3.63) is 94.1 Å². The molecule has 0 fully saturated rings. The Morgan fingerprint density at radius 1 is 1.05 bits per heavy atom. The smallest absolute Gasteiger partial charge is 0.255 e. The van der Waals surface area contributed by atoms with Crippen molar-refractivity contribution in [2.45, 2.75) is 50.6 Å². The number of carbonyl (C=O) groups is 1. The number of thioether (sulfide) groups is 1. The Balaban J connectivity index is 1.54. The van der Waals surface area contributed by atoms with Gasteiger partial charge in [0.25, 0.3) is 5.91 Å². The summed E-state index contributed by atoms with van der Waals surface area (Å²) in [5.74, 6) is 2.66. The summed E-state index contributed by atoms with van der Waals surface area (Å²) in [7, 11) is 1.57. The van der Waals surface area contributed by atoms with Gasteiger partial charge in [-0.1, -0.05) is 73.1 Å². The van der Waals surface area contributed by atoms with Gasteiger partial charge in [-0.3, -0.25) is 4.79 Å². The van der Waals surface area contributed by atoms with E-state index in [1.54, 1.807) is 23.9 Å². The number of unbranched alkanes of at least 4 members (excludes halogenated alkanes) is 1. The maximum Gasteiger partial charge on any atom is 0.255 e. The summed E-state index contributed by atoms with van der Waals surface area (Å²) in [6, 6.07) is 20.2. The van der Waals surface area contributed by atoms with Crippen LogP contribution in [0.4, 0.5) is 11.6 Å². The number of carbonyl (C=O) groups excluding carboxylic acids is 1. The van der Waals surface area contributed by atoms with Crippen molar-refractivity contribution in [3.63, 3.8) is 0 Å². The van der Waals surface area contributed by atoms with E-state index in [0.29, 0.717) is 69.3 Å². The monoisotopic (exact) mass is 633 g/mol. The maximum atomic E-state index is 14.0. The number of hydrogen-bond acceptors (Lipinski definition) is 8. The lowest BCUT2D eigenvalue weighted by molar-refractivity contribution is -0.113. The van der Waals surface area contributed by atoms with E-state index in [0.717, 1.165) is 24.0 Å². The summed E-state index contributed by atoms with van der Waals surface area (Å²) < 4.78 is 19.3. The van der Waals surface area contributed by atoms with Gasteiger partial charge in [0.05, 0.1) is 31.6 Å². The first-order valence-corrected chi connectivity index (χ1v) is 15.9. The Morgan fingerprint density at radius 3 is 2.61 bits per heavy atom. The largest absolute Gasteiger partial charge is 0.495 e. The average Bonchev–Trinajstić information content (AvgIpc) is 3.43. The van der Waals surface area contributed by atoms with Gasteiger partial charge in [0.1, 0.15) is 11.8 Å². The first-order valence-electron chi connectivity index (χ1n) is 14.6. The highest BCUT2D eigenvalue weighted by Crippen LogP contribution is 2.40. The molecule has 1 aromatic heterocycles. The van der Waals surface area contributed by atoms with Gasteiger partial charge in [0, 0.05) is 16.5 Å². The lowest BCUT2D eigenvalue weighted by Crippen LogP contribution is -2.31. The molecule has 3 aromatic carbocycles. The number of para-hydroxylation sites is 2. The normalized spacial score (nSPS) is 14.1. The molecule has 2 N–H and O–H groups in total. The number of ether oxygens (including phenoxy) is 3. The van der Waals surface area contributed by atoms with Crippen LogP contribution < -0.4 is 24.8 Å². The van der Waals surface area contributed by atoms with Crippen LogP contribution in [-0.4, -0.2) is 41.0 Å². The predicted molar refractivity (Wildman–Crippen MR) is 175 cm³/mol. The molecular weight excluding hydrogens is 598 g/mol. The molecule has 5 rings (SSSR count). The molecule has 1 atom stereocenters.